The minimum Gasteiger partial charge on any atom is -0.424 e. The molecule has 0 unspecified atom stereocenters. The molecule has 0 aromatic rings. The molecule has 0 spiro atoms. The van der Waals surface area contributed by atoms with Crippen LogP contribution in [0.1, 0.15) is 26.7 Å². The van der Waals surface area contributed by atoms with Crippen molar-refractivity contribution >= 4 is 9.76 Å². The smallest absolute Gasteiger partial charge is 0.161 e. The average molecular weight is 158 g/mol. The molecule has 0 saturated heterocycles. The van der Waals surface area contributed by atoms with Gasteiger partial charge in [0.25, 0.3) is 0 Å². The molecule has 0 amide bonds. The summed E-state index contributed by atoms with van der Waals surface area (Å²) in [6, 6.07) is 1.33. The number of hydrogen-bond acceptors (Lipinski definition) is 1. The molecule has 0 heterocycles. The second kappa shape index (κ2) is 8.92. The van der Waals surface area contributed by atoms with Crippen molar-refractivity contribution in [1.29, 1.82) is 0 Å². The molecule has 0 aliphatic heterocycles. The topological polar surface area (TPSA) is 9.23 Å². The van der Waals surface area contributed by atoms with E-state index in [9.17, 15) is 0 Å². The summed E-state index contributed by atoms with van der Waals surface area (Å²) in [6.45, 7) is 5.20. The predicted molar refractivity (Wildman–Crippen MR) is 49.0 cm³/mol. The first kappa shape index (κ1) is 9.92. The Hall–Kier alpha value is -0.0831. The number of allylic oxidation sites excluding steroid dienone is 1. The van der Waals surface area contributed by atoms with Crippen molar-refractivity contribution in [3.8, 4) is 0 Å². The first-order valence-corrected chi connectivity index (χ1v) is 5.68. The van der Waals surface area contributed by atoms with Gasteiger partial charge in [-0.05, 0) is 19.4 Å². The van der Waals surface area contributed by atoms with E-state index in [2.05, 4.69) is 19.1 Å². The fraction of sp³-hybridized carbons (Fsp3) is 0.750. The summed E-state index contributed by atoms with van der Waals surface area (Å²) in [4.78, 5) is 0. The molecule has 0 fully saturated rings. The Morgan fingerprint density at radius 3 is 2.90 bits per heavy atom. The van der Waals surface area contributed by atoms with Crippen LogP contribution in [0.4, 0.5) is 0 Å². The zero-order chi connectivity index (χ0) is 7.66. The van der Waals surface area contributed by atoms with Crippen molar-refractivity contribution in [3.63, 3.8) is 0 Å². The molecule has 0 aromatic carbocycles. The molecule has 10 heavy (non-hydrogen) atoms. The van der Waals surface area contributed by atoms with Crippen LogP contribution in [0.2, 0.25) is 6.04 Å². The van der Waals surface area contributed by atoms with E-state index in [-0.39, 0.29) is 9.76 Å². The van der Waals surface area contributed by atoms with E-state index in [1.807, 2.05) is 6.92 Å². The molecule has 0 atom stereocenters. The first-order chi connectivity index (χ1) is 4.91. The molecule has 0 radical (unpaired) electrons. The maximum atomic E-state index is 5.46. The highest BCUT2D eigenvalue weighted by Gasteiger charge is 1.84. The molecule has 0 saturated carbocycles. The average Bonchev–Trinajstić information content (AvgIpc) is 1.97. The Kier molecular flexibility index (Phi) is 8.84. The van der Waals surface area contributed by atoms with E-state index in [1.165, 1.54) is 12.5 Å². The fourth-order valence-electron chi connectivity index (χ4n) is 0.667. The van der Waals surface area contributed by atoms with E-state index in [0.717, 1.165) is 13.0 Å². The van der Waals surface area contributed by atoms with Crippen LogP contribution in [0.5, 0.6) is 0 Å². The highest BCUT2D eigenvalue weighted by atomic mass is 28.2. The van der Waals surface area contributed by atoms with Crippen LogP contribution in [-0.2, 0) is 4.43 Å². The molecule has 0 aromatic heterocycles. The Morgan fingerprint density at radius 2 is 2.30 bits per heavy atom. The lowest BCUT2D eigenvalue weighted by Gasteiger charge is -1.98. The van der Waals surface area contributed by atoms with Crippen molar-refractivity contribution in [2.45, 2.75) is 32.7 Å². The van der Waals surface area contributed by atoms with Crippen molar-refractivity contribution in [2.24, 2.45) is 0 Å². The molecule has 0 bridgehead atoms. The van der Waals surface area contributed by atoms with Gasteiger partial charge in [0, 0.05) is 6.61 Å². The predicted octanol–water partition coefficient (Wildman–Crippen LogP) is 1.88. The maximum Gasteiger partial charge on any atom is 0.161 e. The zero-order valence-corrected chi connectivity index (χ0v) is 8.51. The van der Waals surface area contributed by atoms with Crippen LogP contribution in [0, 0.1) is 0 Å². The van der Waals surface area contributed by atoms with Gasteiger partial charge in [-0.25, -0.2) is 0 Å². The van der Waals surface area contributed by atoms with Crippen molar-refractivity contribution in [3.05, 3.63) is 12.2 Å². The van der Waals surface area contributed by atoms with E-state index in [4.69, 9.17) is 4.43 Å². The van der Waals surface area contributed by atoms with Crippen LogP contribution >= 0.6 is 0 Å². The highest BCUT2D eigenvalue weighted by molar-refractivity contribution is 6.26. The quantitative estimate of drug-likeness (QED) is 0.326. The van der Waals surface area contributed by atoms with Gasteiger partial charge in [0.05, 0.1) is 0 Å². The van der Waals surface area contributed by atoms with Crippen LogP contribution in [-0.4, -0.2) is 16.4 Å². The standard InChI is InChI=1S/C8H18OSi/c1-3-5-6-7-9-10-8-4-2/h3,5H,4,6-8,10H2,1-2H3. The Balaban J connectivity index is 2.77. The molecule has 60 valence electrons. The summed E-state index contributed by atoms with van der Waals surface area (Å²) in [6.07, 6.45) is 6.61. The summed E-state index contributed by atoms with van der Waals surface area (Å²) in [5, 5.41) is 0. The fourth-order valence-corrected chi connectivity index (χ4v) is 1.53. The minimum absolute atomic E-state index is 0.151. The molecule has 2 heteroatoms. The van der Waals surface area contributed by atoms with Crippen LogP contribution in [0.25, 0.3) is 0 Å². The van der Waals surface area contributed by atoms with Gasteiger partial charge in [0.15, 0.2) is 9.76 Å². The highest BCUT2D eigenvalue weighted by Crippen LogP contribution is 1.89. The maximum absolute atomic E-state index is 5.46. The van der Waals surface area contributed by atoms with Crippen molar-refractivity contribution in [2.75, 3.05) is 6.61 Å². The molecule has 1 nitrogen and oxygen atoms in total. The summed E-state index contributed by atoms with van der Waals surface area (Å²) in [5.41, 5.74) is 0. The molecule has 0 rings (SSSR count). The van der Waals surface area contributed by atoms with E-state index in [0.29, 0.717) is 0 Å². The number of hydrogen-bond donors (Lipinski definition) is 0. The lowest BCUT2D eigenvalue weighted by atomic mass is 10.4. The lowest BCUT2D eigenvalue weighted by Crippen LogP contribution is -1.98. The van der Waals surface area contributed by atoms with E-state index in [1.54, 1.807) is 0 Å². The third kappa shape index (κ3) is 7.92. The second-order valence-corrected chi connectivity index (χ2v) is 3.85. The van der Waals surface area contributed by atoms with Crippen LogP contribution in [0.15, 0.2) is 12.2 Å². The molecular weight excluding hydrogens is 140 g/mol. The van der Waals surface area contributed by atoms with Crippen molar-refractivity contribution in [1.82, 2.24) is 0 Å². The summed E-state index contributed by atoms with van der Waals surface area (Å²) >= 11 is 0. The monoisotopic (exact) mass is 158 g/mol. The number of rotatable bonds is 6. The Labute approximate surface area is 66.4 Å². The third-order valence-electron chi connectivity index (χ3n) is 1.31. The Bertz CT molecular complexity index is 81.3. The minimum atomic E-state index is -0.151. The van der Waals surface area contributed by atoms with E-state index < -0.39 is 0 Å². The molecular formula is C8H18OSi. The summed E-state index contributed by atoms with van der Waals surface area (Å²) < 4.78 is 5.46. The van der Waals surface area contributed by atoms with Gasteiger partial charge in [0.1, 0.15) is 0 Å². The Morgan fingerprint density at radius 1 is 1.50 bits per heavy atom. The van der Waals surface area contributed by atoms with Crippen LogP contribution < -0.4 is 0 Å². The van der Waals surface area contributed by atoms with Gasteiger partial charge in [-0.1, -0.05) is 25.5 Å². The van der Waals surface area contributed by atoms with Crippen LogP contribution in [0.3, 0.4) is 0 Å². The second-order valence-electron chi connectivity index (χ2n) is 2.32. The van der Waals surface area contributed by atoms with Gasteiger partial charge in [0.2, 0.25) is 0 Å². The van der Waals surface area contributed by atoms with Crippen molar-refractivity contribution < 1.29 is 4.43 Å². The van der Waals surface area contributed by atoms with Gasteiger partial charge < -0.3 is 4.43 Å². The first-order valence-electron chi connectivity index (χ1n) is 4.10. The molecule has 0 aliphatic rings. The summed E-state index contributed by atoms with van der Waals surface area (Å²) in [5.74, 6) is 0. The normalized spacial score (nSPS) is 12.2. The van der Waals surface area contributed by atoms with E-state index >= 15 is 0 Å². The van der Waals surface area contributed by atoms with Gasteiger partial charge in [-0.3, -0.25) is 0 Å². The van der Waals surface area contributed by atoms with Gasteiger partial charge >= 0.3 is 0 Å². The largest absolute Gasteiger partial charge is 0.424 e. The van der Waals surface area contributed by atoms with Gasteiger partial charge in [-0.15, -0.1) is 0 Å². The summed E-state index contributed by atoms with van der Waals surface area (Å²) in [7, 11) is -0.151. The SMILES string of the molecule is CC=CCCO[SiH2]CCC. The molecule has 0 aliphatic carbocycles. The van der Waals surface area contributed by atoms with Gasteiger partial charge in [-0.2, -0.15) is 0 Å². The molecule has 0 N–H and O–H groups in total. The zero-order valence-electron chi connectivity index (χ0n) is 7.10. The third-order valence-corrected chi connectivity index (χ3v) is 2.88. The lowest BCUT2D eigenvalue weighted by molar-refractivity contribution is 0.342.